The maximum absolute atomic E-state index is 12.4. The smallest absolute Gasteiger partial charge is 0.250 e. The Morgan fingerprint density at radius 1 is 1.16 bits per heavy atom. The first-order valence-electron chi connectivity index (χ1n) is 10.7. The van der Waals surface area contributed by atoms with Crippen molar-refractivity contribution in [3.8, 4) is 22.8 Å². The average molecular weight is 451 g/mol. The fourth-order valence-corrected chi connectivity index (χ4v) is 3.81. The minimum absolute atomic E-state index is 0.233. The van der Waals surface area contributed by atoms with E-state index in [0.29, 0.717) is 29.2 Å². The van der Waals surface area contributed by atoms with E-state index >= 15 is 0 Å². The molecule has 32 heavy (non-hydrogen) atoms. The topological polar surface area (TPSA) is 60.5 Å². The number of carbonyl (C=O) groups is 1. The van der Waals surface area contributed by atoms with E-state index in [-0.39, 0.29) is 5.91 Å². The van der Waals surface area contributed by atoms with Crippen LogP contribution >= 0.6 is 11.3 Å². The molecule has 1 amide bonds. The number of rotatable bonds is 9. The molecule has 0 saturated heterocycles. The lowest BCUT2D eigenvalue weighted by Gasteiger charge is -2.12. The van der Waals surface area contributed by atoms with Gasteiger partial charge in [0.1, 0.15) is 0 Å². The van der Waals surface area contributed by atoms with Crippen molar-refractivity contribution < 1.29 is 14.3 Å². The zero-order valence-electron chi connectivity index (χ0n) is 19.3. The number of aryl methyl sites for hydroxylation is 2. The molecule has 0 bridgehead atoms. The number of hydrogen-bond donors (Lipinski definition) is 1. The molecule has 1 heterocycles. The summed E-state index contributed by atoms with van der Waals surface area (Å²) in [6.45, 7) is 9.08. The summed E-state index contributed by atoms with van der Waals surface area (Å²) in [5.74, 6) is 1.70. The Bertz CT molecular complexity index is 1100. The monoisotopic (exact) mass is 450 g/mol. The molecule has 168 valence electrons. The third kappa shape index (κ3) is 6.44. The van der Waals surface area contributed by atoms with Gasteiger partial charge in [-0.05, 0) is 61.6 Å². The number of hydrogen-bond acceptors (Lipinski definition) is 5. The van der Waals surface area contributed by atoms with Gasteiger partial charge in [-0.3, -0.25) is 10.1 Å². The van der Waals surface area contributed by atoms with Gasteiger partial charge in [0, 0.05) is 17.0 Å². The van der Waals surface area contributed by atoms with E-state index in [2.05, 4.69) is 56.2 Å². The molecule has 5 nitrogen and oxygen atoms in total. The summed E-state index contributed by atoms with van der Waals surface area (Å²) in [6.07, 6.45) is 4.22. The lowest BCUT2D eigenvalue weighted by molar-refractivity contribution is -0.111. The van der Waals surface area contributed by atoms with E-state index in [1.807, 2.05) is 23.6 Å². The molecule has 2 aromatic carbocycles. The van der Waals surface area contributed by atoms with Crippen molar-refractivity contribution >= 4 is 28.5 Å². The van der Waals surface area contributed by atoms with Gasteiger partial charge in [-0.2, -0.15) is 0 Å². The van der Waals surface area contributed by atoms with Crippen LogP contribution in [0.5, 0.6) is 11.5 Å². The van der Waals surface area contributed by atoms with Crippen molar-refractivity contribution in [3.05, 3.63) is 64.5 Å². The van der Waals surface area contributed by atoms with E-state index in [1.54, 1.807) is 13.2 Å². The summed E-state index contributed by atoms with van der Waals surface area (Å²) < 4.78 is 11.3. The number of aromatic nitrogens is 1. The Hall–Kier alpha value is -3.12. The first-order valence-corrected chi connectivity index (χ1v) is 11.6. The molecular formula is C26H30N2O3S. The largest absolute Gasteiger partial charge is 0.493 e. The van der Waals surface area contributed by atoms with Crippen LogP contribution in [0.4, 0.5) is 5.13 Å². The van der Waals surface area contributed by atoms with Crippen molar-refractivity contribution in [2.24, 2.45) is 5.92 Å². The lowest BCUT2D eigenvalue weighted by atomic mass is 10.0. The third-order valence-electron chi connectivity index (χ3n) is 4.97. The number of carbonyl (C=O) groups excluding carboxylic acids is 1. The first-order chi connectivity index (χ1) is 15.4. The van der Waals surface area contributed by atoms with Crippen molar-refractivity contribution in [3.63, 3.8) is 0 Å². The molecule has 0 atom stereocenters. The molecule has 6 heteroatoms. The number of anilines is 1. The minimum Gasteiger partial charge on any atom is -0.493 e. The van der Waals surface area contributed by atoms with Crippen LogP contribution in [-0.2, 0) is 4.79 Å². The second kappa shape index (κ2) is 11.0. The molecule has 0 radical (unpaired) electrons. The van der Waals surface area contributed by atoms with E-state index in [9.17, 15) is 4.79 Å². The van der Waals surface area contributed by atoms with Crippen LogP contribution in [0, 0.1) is 19.8 Å². The molecule has 0 saturated carbocycles. The van der Waals surface area contributed by atoms with Crippen LogP contribution < -0.4 is 14.8 Å². The fraction of sp³-hybridized carbons (Fsp3) is 0.308. The molecule has 1 aromatic heterocycles. The first kappa shape index (κ1) is 23.5. The van der Waals surface area contributed by atoms with Crippen molar-refractivity contribution in [2.45, 2.75) is 34.1 Å². The van der Waals surface area contributed by atoms with E-state index in [1.165, 1.54) is 23.0 Å². The zero-order chi connectivity index (χ0) is 23.1. The summed E-state index contributed by atoms with van der Waals surface area (Å²) in [5.41, 5.74) is 5.14. The predicted molar refractivity (Wildman–Crippen MR) is 133 cm³/mol. The lowest BCUT2D eigenvalue weighted by Crippen LogP contribution is -2.07. The van der Waals surface area contributed by atoms with Crippen LogP contribution in [0.3, 0.4) is 0 Å². The van der Waals surface area contributed by atoms with Crippen LogP contribution in [0.25, 0.3) is 17.3 Å². The van der Waals surface area contributed by atoms with Crippen molar-refractivity contribution in [1.82, 2.24) is 4.98 Å². The minimum atomic E-state index is -0.233. The second-order valence-electron chi connectivity index (χ2n) is 8.12. The highest BCUT2D eigenvalue weighted by Crippen LogP contribution is 2.30. The van der Waals surface area contributed by atoms with Gasteiger partial charge in [0.05, 0.1) is 19.4 Å². The number of nitrogens with zero attached hydrogens (tertiary/aromatic N) is 1. The Kier molecular flexibility index (Phi) is 8.06. The Morgan fingerprint density at radius 2 is 1.97 bits per heavy atom. The maximum atomic E-state index is 12.4. The normalized spacial score (nSPS) is 11.2. The van der Waals surface area contributed by atoms with E-state index < -0.39 is 0 Å². The second-order valence-corrected chi connectivity index (χ2v) is 8.98. The molecule has 0 aliphatic carbocycles. The molecule has 0 spiro atoms. The number of benzene rings is 2. The predicted octanol–water partition coefficient (Wildman–Crippen LogP) is 6.51. The third-order valence-corrected chi connectivity index (χ3v) is 5.73. The van der Waals surface area contributed by atoms with Gasteiger partial charge < -0.3 is 9.47 Å². The molecular weight excluding hydrogens is 420 g/mol. The van der Waals surface area contributed by atoms with E-state index in [4.69, 9.17) is 9.47 Å². The van der Waals surface area contributed by atoms with Gasteiger partial charge in [-0.15, -0.1) is 11.3 Å². The molecule has 0 aliphatic rings. The molecule has 1 N–H and O–H groups in total. The molecule has 0 fully saturated rings. The Labute approximate surface area is 194 Å². The number of amides is 1. The molecule has 3 rings (SSSR count). The number of ether oxygens (including phenoxy) is 2. The highest BCUT2D eigenvalue weighted by atomic mass is 32.1. The summed E-state index contributed by atoms with van der Waals surface area (Å²) in [7, 11) is 1.61. The number of thiazole rings is 1. The van der Waals surface area contributed by atoms with E-state index in [0.717, 1.165) is 28.8 Å². The Balaban J connectivity index is 1.63. The zero-order valence-corrected chi connectivity index (χ0v) is 20.1. The SMILES string of the molecule is COc1cc(/C=C/C(=O)Nc2nc(-c3cc(C)ccc3C)cs2)ccc1OCCC(C)C. The number of nitrogens with one attached hydrogen (secondary N) is 1. The van der Waals surface area contributed by atoms with Crippen LogP contribution in [0.2, 0.25) is 0 Å². The summed E-state index contributed by atoms with van der Waals surface area (Å²) in [5, 5.41) is 5.37. The maximum Gasteiger partial charge on any atom is 0.250 e. The molecule has 0 aliphatic heterocycles. The van der Waals surface area contributed by atoms with Crippen molar-refractivity contribution in [2.75, 3.05) is 19.0 Å². The molecule has 3 aromatic rings. The Morgan fingerprint density at radius 3 is 2.72 bits per heavy atom. The highest BCUT2D eigenvalue weighted by Gasteiger charge is 2.10. The highest BCUT2D eigenvalue weighted by molar-refractivity contribution is 7.14. The molecule has 0 unspecified atom stereocenters. The van der Waals surface area contributed by atoms with Crippen LogP contribution in [0.1, 0.15) is 37.0 Å². The van der Waals surface area contributed by atoms with Crippen LogP contribution in [-0.4, -0.2) is 24.6 Å². The van der Waals surface area contributed by atoms with Crippen molar-refractivity contribution in [1.29, 1.82) is 0 Å². The van der Waals surface area contributed by atoms with Gasteiger partial charge >= 0.3 is 0 Å². The standard InChI is InChI=1S/C26H30N2O3S/c1-17(2)12-13-31-23-10-8-20(15-24(23)30-5)9-11-25(29)28-26-27-22(16-32-26)21-14-18(3)6-7-19(21)4/h6-11,14-17H,12-13H2,1-5H3,(H,27,28,29)/b11-9+. The summed E-state index contributed by atoms with van der Waals surface area (Å²) in [6, 6.07) is 11.9. The van der Waals surface area contributed by atoms with Crippen LogP contribution in [0.15, 0.2) is 47.9 Å². The summed E-state index contributed by atoms with van der Waals surface area (Å²) in [4.78, 5) is 17.0. The number of methoxy groups -OCH3 is 1. The van der Waals surface area contributed by atoms with Gasteiger partial charge in [-0.1, -0.05) is 37.6 Å². The summed E-state index contributed by atoms with van der Waals surface area (Å²) >= 11 is 1.41. The van der Waals surface area contributed by atoms with Gasteiger partial charge in [0.15, 0.2) is 16.6 Å². The van der Waals surface area contributed by atoms with Gasteiger partial charge in [0.25, 0.3) is 0 Å². The fourth-order valence-electron chi connectivity index (χ4n) is 3.10. The van der Waals surface area contributed by atoms with Gasteiger partial charge in [0.2, 0.25) is 5.91 Å². The van der Waals surface area contributed by atoms with Gasteiger partial charge in [-0.25, -0.2) is 4.98 Å². The quantitative estimate of drug-likeness (QED) is 0.377. The average Bonchev–Trinajstić information content (AvgIpc) is 3.22.